The molecule has 1 aliphatic carbocycles. The largest absolute Gasteiger partial charge is 0.391 e. The Balaban J connectivity index is 0.867. The summed E-state index contributed by atoms with van der Waals surface area (Å²) >= 11 is 1.56. The number of rotatable bonds is 17. The average molecular weight is 1140 g/mol. The summed E-state index contributed by atoms with van der Waals surface area (Å²) in [6, 6.07) is 12.5. The van der Waals surface area contributed by atoms with E-state index in [1.54, 1.807) is 41.5 Å². The number of amides is 3. The maximum Gasteiger partial charge on any atom is 0.351 e. The highest BCUT2D eigenvalue weighted by molar-refractivity contribution is 7.13. The molecular weight excluding hydrogens is 1060 g/mol. The first-order chi connectivity index (χ1) is 38.6. The summed E-state index contributed by atoms with van der Waals surface area (Å²) in [6.45, 7) is 8.47. The van der Waals surface area contributed by atoms with Gasteiger partial charge < -0.3 is 30.7 Å². The van der Waals surface area contributed by atoms with Gasteiger partial charge in [0.2, 0.25) is 17.7 Å². The minimum absolute atomic E-state index is 0.0162. The number of nitriles is 1. The number of aliphatic hydroxyl groups is 1. The molecule has 1 saturated heterocycles. The number of alkyl halides is 2. The van der Waals surface area contributed by atoms with Crippen LogP contribution < -0.4 is 27.2 Å². The van der Waals surface area contributed by atoms with Gasteiger partial charge in [0.25, 0.3) is 11.5 Å². The number of halogens is 3. The second kappa shape index (κ2) is 26.2. The molecule has 1 unspecified atom stereocenters. The third-order valence-electron chi connectivity index (χ3n) is 16.4. The molecule has 5 heterocycles. The number of carbonyl (C=O) groups is 3. The van der Waals surface area contributed by atoms with Gasteiger partial charge in [0.15, 0.2) is 0 Å². The van der Waals surface area contributed by atoms with E-state index in [9.17, 15) is 34.3 Å². The number of hydrogen-bond acceptors (Lipinski definition) is 12. The molecule has 16 nitrogen and oxygen atoms in total. The molecule has 81 heavy (non-hydrogen) atoms. The van der Waals surface area contributed by atoms with Gasteiger partial charge in [0, 0.05) is 56.8 Å². The van der Waals surface area contributed by atoms with Crippen molar-refractivity contribution in [3.05, 3.63) is 109 Å². The fourth-order valence-electron chi connectivity index (χ4n) is 11.5. The Hall–Kier alpha value is -6.43. The third kappa shape index (κ3) is 14.3. The van der Waals surface area contributed by atoms with Crippen LogP contribution in [0.25, 0.3) is 21.5 Å². The minimum Gasteiger partial charge on any atom is -0.391 e. The van der Waals surface area contributed by atoms with Gasteiger partial charge in [-0.05, 0) is 81.0 Å². The summed E-state index contributed by atoms with van der Waals surface area (Å²) < 4.78 is 55.4. The number of fused-ring (bicyclic) bond motifs is 8. The minimum atomic E-state index is -3.60. The average Bonchev–Trinajstić information content (AvgIpc) is 4.22. The van der Waals surface area contributed by atoms with Crippen molar-refractivity contribution in [1.82, 2.24) is 34.6 Å². The predicted molar refractivity (Wildman–Crippen MR) is 306 cm³/mol. The molecule has 0 spiro atoms. The zero-order valence-electron chi connectivity index (χ0n) is 47.6. The molecular formula is C61H78F3N9O7S. The van der Waals surface area contributed by atoms with Crippen molar-refractivity contribution in [3.63, 3.8) is 0 Å². The van der Waals surface area contributed by atoms with E-state index in [0.29, 0.717) is 62.4 Å². The van der Waals surface area contributed by atoms with Gasteiger partial charge in [-0.3, -0.25) is 28.3 Å². The second-order valence-electron chi connectivity index (χ2n) is 23.6. The van der Waals surface area contributed by atoms with Gasteiger partial charge in [0.05, 0.1) is 50.7 Å². The van der Waals surface area contributed by atoms with Gasteiger partial charge in [0.1, 0.15) is 36.0 Å². The van der Waals surface area contributed by atoms with Crippen LogP contribution in [0, 0.1) is 29.5 Å². The van der Waals surface area contributed by atoms with Crippen molar-refractivity contribution in [2.24, 2.45) is 12.5 Å². The van der Waals surface area contributed by atoms with Gasteiger partial charge in [-0.15, -0.1) is 11.3 Å². The molecule has 2 aromatic carbocycles. The predicted octanol–water partition coefficient (Wildman–Crippen LogP) is 10.3. The van der Waals surface area contributed by atoms with E-state index in [4.69, 9.17) is 4.74 Å². The van der Waals surface area contributed by atoms with E-state index in [2.05, 4.69) is 32.0 Å². The second-order valence-corrected chi connectivity index (χ2v) is 24.5. The van der Waals surface area contributed by atoms with Crippen molar-refractivity contribution in [3.8, 4) is 16.5 Å². The van der Waals surface area contributed by atoms with Crippen LogP contribution in [0.1, 0.15) is 177 Å². The number of ether oxygens (including phenoxy) is 1. The van der Waals surface area contributed by atoms with Crippen LogP contribution in [0.5, 0.6) is 0 Å². The first-order valence-electron chi connectivity index (χ1n) is 28.8. The fourth-order valence-corrected chi connectivity index (χ4v) is 12.3. The number of nitrogens with one attached hydrogen (secondary N) is 3. The SMILES string of the molecule is Cc1ncsc1-c1ccc(CNC(=O)[C@@H]2C[C@@H](O)CN2C(=O)[C@@H](NC(=O)CCCCCCCCCC2CCCCCCOCC(F)(F)c3cccc(c3F)[C@@H](C)Nc3nc(=O)n2c2c3cc(C3(C#N)CC3)c(=O)n2C)C(C)(C)C)cc1. The van der Waals surface area contributed by atoms with Crippen LogP contribution in [0.15, 0.2) is 63.6 Å². The van der Waals surface area contributed by atoms with Crippen molar-refractivity contribution >= 4 is 45.9 Å². The van der Waals surface area contributed by atoms with Gasteiger partial charge in [-0.2, -0.15) is 19.0 Å². The highest BCUT2D eigenvalue weighted by atomic mass is 32.1. The molecule has 3 aliphatic rings. The molecule has 4 bridgehead atoms. The van der Waals surface area contributed by atoms with E-state index >= 15 is 13.2 Å². The number of benzene rings is 2. The Morgan fingerprint density at radius 2 is 1.69 bits per heavy atom. The monoisotopic (exact) mass is 1140 g/mol. The van der Waals surface area contributed by atoms with E-state index < -0.39 is 76.1 Å². The number of aromatic nitrogens is 4. The number of pyridine rings is 1. The Labute approximate surface area is 475 Å². The first-order valence-corrected chi connectivity index (χ1v) is 29.7. The number of anilines is 1. The first kappa shape index (κ1) is 60.7. The smallest absolute Gasteiger partial charge is 0.351 e. The Morgan fingerprint density at radius 3 is 2.37 bits per heavy atom. The zero-order valence-corrected chi connectivity index (χ0v) is 48.4. The number of aryl methyl sites for hydroxylation is 2. The zero-order chi connectivity index (χ0) is 58.2. The van der Waals surface area contributed by atoms with Gasteiger partial charge >= 0.3 is 5.69 Å². The number of unbranched alkanes of at least 4 members (excludes halogenated alkanes) is 6. The topological polar surface area (TPSA) is 214 Å². The lowest BCUT2D eigenvalue weighted by Crippen LogP contribution is -2.57. The summed E-state index contributed by atoms with van der Waals surface area (Å²) in [7, 11) is 1.58. The summed E-state index contributed by atoms with van der Waals surface area (Å²) in [5, 5.41) is 30.3. The summed E-state index contributed by atoms with van der Waals surface area (Å²) in [5.41, 5.74) is 1.73. The Morgan fingerprint density at radius 1 is 0.988 bits per heavy atom. The number of aliphatic hydroxyl groups excluding tert-OH is 1. The number of nitrogens with zero attached hydrogens (tertiary/aromatic N) is 6. The van der Waals surface area contributed by atoms with E-state index in [1.807, 2.05) is 52.0 Å². The van der Waals surface area contributed by atoms with Crippen LogP contribution >= 0.6 is 11.3 Å². The lowest BCUT2D eigenvalue weighted by atomic mass is 9.85. The van der Waals surface area contributed by atoms with Gasteiger partial charge in [-0.1, -0.05) is 115 Å². The number of likely N-dealkylation sites (tertiary alicyclic amines) is 1. The van der Waals surface area contributed by atoms with Crippen molar-refractivity contribution in [2.45, 2.75) is 192 Å². The highest BCUT2D eigenvalue weighted by Crippen LogP contribution is 2.47. The molecule has 3 amide bonds. The van der Waals surface area contributed by atoms with Crippen LogP contribution in [0.2, 0.25) is 0 Å². The molecule has 2 fully saturated rings. The van der Waals surface area contributed by atoms with E-state index in [0.717, 1.165) is 72.7 Å². The van der Waals surface area contributed by atoms with Gasteiger partial charge in [-0.25, -0.2) is 14.2 Å². The number of carbonyl (C=O) groups excluding carboxylic acids is 3. The molecule has 2 aliphatic heterocycles. The maximum absolute atomic E-state index is 16.1. The van der Waals surface area contributed by atoms with Crippen LogP contribution in [0.4, 0.5) is 19.0 Å². The lowest BCUT2D eigenvalue weighted by molar-refractivity contribution is -0.144. The standard InChI is InChI=1S/C61H78F3N9O7S/c1-38-44-21-18-22-46(50(44)62)61(63,64)36-80-30-17-13-12-15-20-42(73-55-45(53(68-38)70-58(73)79)32-47(56(77)71(55)6)60(35-65)28-29-60)19-14-10-8-7-9-11-16-23-49(75)69-52(59(3,4)5)57(78)72-34-43(74)31-48(72)54(76)66-33-40-24-26-41(27-25-40)51-39(2)67-37-81-51/h18,21-22,24-27,32,37-38,42-43,48,52,74H,7-17,19-20,23,28-31,33-34,36H2,1-6H3,(H,66,76)(H,69,75)(H,68,70,79)/t38-,42?,43-,48+,52-/m1/s1. The molecule has 0 radical (unpaired) electrons. The maximum atomic E-state index is 16.1. The number of thiazole rings is 1. The lowest BCUT2D eigenvalue weighted by Gasteiger charge is -2.35. The normalized spacial score (nSPS) is 20.6. The number of hydrogen-bond donors (Lipinski definition) is 4. The molecule has 4 N–H and O–H groups in total. The van der Waals surface area contributed by atoms with Crippen LogP contribution in [-0.2, 0) is 44.1 Å². The fraction of sp³-hybridized carbons (Fsp3) is 0.574. The summed E-state index contributed by atoms with van der Waals surface area (Å²) in [6.07, 6.45) is 9.94. The van der Waals surface area contributed by atoms with E-state index in [1.165, 1.54) is 21.6 Å². The highest BCUT2D eigenvalue weighted by Gasteiger charge is 2.48. The summed E-state index contributed by atoms with van der Waals surface area (Å²) in [4.78, 5) is 81.2. The third-order valence-corrected chi connectivity index (χ3v) is 17.4. The molecule has 5 atom stereocenters. The molecule has 3 aromatic heterocycles. The molecule has 5 aromatic rings. The molecule has 20 heteroatoms. The molecule has 436 valence electrons. The van der Waals surface area contributed by atoms with E-state index in [-0.39, 0.29) is 67.3 Å². The van der Waals surface area contributed by atoms with Crippen LogP contribution in [0.3, 0.4) is 0 Å². The van der Waals surface area contributed by atoms with Crippen molar-refractivity contribution < 1.29 is 37.4 Å². The number of β-amino-alcohol motifs (C(OH)–C–C–N with tert-alkyl or cyclic N) is 1. The summed E-state index contributed by atoms with van der Waals surface area (Å²) in [5.74, 6) is -5.70. The van der Waals surface area contributed by atoms with Crippen molar-refractivity contribution in [1.29, 1.82) is 5.26 Å². The van der Waals surface area contributed by atoms with Crippen molar-refractivity contribution in [2.75, 3.05) is 25.1 Å². The molecule has 8 rings (SSSR count). The van der Waals surface area contributed by atoms with Crippen LogP contribution in [-0.4, -0.2) is 84.8 Å². The Bertz CT molecular complexity index is 3220. The Kier molecular flexibility index (Phi) is 19.6. The quantitative estimate of drug-likeness (QED) is 0.0643. The molecule has 1 saturated carbocycles.